The summed E-state index contributed by atoms with van der Waals surface area (Å²) in [5.41, 5.74) is 8.16. The zero-order valence-electron chi connectivity index (χ0n) is 10.3. The number of hydrogen-bond donors (Lipinski definition) is 1. The Morgan fingerprint density at radius 3 is 2.67 bits per heavy atom. The highest BCUT2D eigenvalue weighted by Crippen LogP contribution is 2.22. The molecule has 94 valence electrons. The number of nitro groups is 1. The first-order chi connectivity index (χ1) is 8.50. The number of para-hydroxylation sites is 1. The van der Waals surface area contributed by atoms with E-state index in [0.29, 0.717) is 17.9 Å². The van der Waals surface area contributed by atoms with Crippen LogP contribution in [-0.4, -0.2) is 14.5 Å². The first kappa shape index (κ1) is 12.1. The zero-order valence-corrected chi connectivity index (χ0v) is 10.3. The van der Waals surface area contributed by atoms with Crippen molar-refractivity contribution in [3.8, 4) is 0 Å². The highest BCUT2D eigenvalue weighted by molar-refractivity contribution is 5.43. The SMILES string of the molecule is Cc1c(Cc2ccccc2[N+](=O)[O-])nc(N)n1C. The average molecular weight is 246 g/mol. The van der Waals surface area contributed by atoms with Crippen LogP contribution >= 0.6 is 0 Å². The Labute approximate surface area is 104 Å². The van der Waals surface area contributed by atoms with E-state index in [0.717, 1.165) is 11.4 Å². The number of aromatic nitrogens is 2. The number of nitro benzene ring substituents is 1. The van der Waals surface area contributed by atoms with Gasteiger partial charge in [0.15, 0.2) is 5.95 Å². The molecule has 1 aromatic heterocycles. The van der Waals surface area contributed by atoms with Gasteiger partial charge in [-0.2, -0.15) is 0 Å². The van der Waals surface area contributed by atoms with Crippen LogP contribution in [-0.2, 0) is 13.5 Å². The standard InChI is InChI=1S/C12H14N4O2/c1-8-10(14-12(13)15(8)2)7-9-5-3-4-6-11(9)16(17)18/h3-6H,7H2,1-2H3,(H2,13,14). The monoisotopic (exact) mass is 246 g/mol. The van der Waals surface area contributed by atoms with E-state index in [1.807, 2.05) is 14.0 Å². The second kappa shape index (κ2) is 4.48. The highest BCUT2D eigenvalue weighted by Gasteiger charge is 2.16. The number of imidazole rings is 1. The van der Waals surface area contributed by atoms with Crippen LogP contribution in [0, 0.1) is 17.0 Å². The van der Waals surface area contributed by atoms with E-state index < -0.39 is 0 Å². The van der Waals surface area contributed by atoms with Crippen molar-refractivity contribution in [3.63, 3.8) is 0 Å². The molecule has 6 nitrogen and oxygen atoms in total. The molecule has 0 fully saturated rings. The molecule has 2 rings (SSSR count). The van der Waals surface area contributed by atoms with Crippen molar-refractivity contribution in [2.24, 2.45) is 7.05 Å². The quantitative estimate of drug-likeness (QED) is 0.660. The molecule has 0 unspecified atom stereocenters. The molecule has 2 aromatic rings. The third-order valence-corrected chi connectivity index (χ3v) is 3.06. The summed E-state index contributed by atoms with van der Waals surface area (Å²) in [4.78, 5) is 14.8. The molecule has 6 heteroatoms. The molecule has 0 aliphatic rings. The van der Waals surface area contributed by atoms with Crippen molar-refractivity contribution in [2.45, 2.75) is 13.3 Å². The summed E-state index contributed by atoms with van der Waals surface area (Å²) in [5.74, 6) is 0.418. The maximum atomic E-state index is 10.9. The molecule has 0 radical (unpaired) electrons. The van der Waals surface area contributed by atoms with E-state index in [9.17, 15) is 10.1 Å². The first-order valence-electron chi connectivity index (χ1n) is 5.50. The predicted molar refractivity (Wildman–Crippen MR) is 68.3 cm³/mol. The van der Waals surface area contributed by atoms with E-state index >= 15 is 0 Å². The van der Waals surface area contributed by atoms with Crippen molar-refractivity contribution in [2.75, 3.05) is 5.73 Å². The molecule has 0 aliphatic carbocycles. The van der Waals surface area contributed by atoms with Gasteiger partial charge in [0.05, 0.1) is 10.6 Å². The maximum Gasteiger partial charge on any atom is 0.272 e. The van der Waals surface area contributed by atoms with E-state index in [2.05, 4.69) is 4.98 Å². The van der Waals surface area contributed by atoms with Crippen molar-refractivity contribution in [1.82, 2.24) is 9.55 Å². The number of benzene rings is 1. The number of nitrogen functional groups attached to an aromatic ring is 1. The summed E-state index contributed by atoms with van der Waals surface area (Å²) in [6.07, 6.45) is 0.411. The van der Waals surface area contributed by atoms with Crippen molar-refractivity contribution < 1.29 is 4.92 Å². The molecule has 1 heterocycles. The Morgan fingerprint density at radius 1 is 1.44 bits per heavy atom. The fourth-order valence-corrected chi connectivity index (χ4v) is 1.85. The Balaban J connectivity index is 2.40. The summed E-state index contributed by atoms with van der Waals surface area (Å²) in [6, 6.07) is 6.67. The van der Waals surface area contributed by atoms with Gasteiger partial charge in [-0.1, -0.05) is 18.2 Å². The third kappa shape index (κ3) is 2.04. The summed E-state index contributed by atoms with van der Waals surface area (Å²) >= 11 is 0. The first-order valence-corrected chi connectivity index (χ1v) is 5.50. The molecule has 0 saturated carbocycles. The van der Waals surface area contributed by atoms with Crippen LogP contribution in [0.4, 0.5) is 11.6 Å². The number of hydrogen-bond acceptors (Lipinski definition) is 4. The van der Waals surface area contributed by atoms with E-state index in [1.54, 1.807) is 22.8 Å². The number of nitrogens with two attached hydrogens (primary N) is 1. The van der Waals surface area contributed by atoms with Gasteiger partial charge in [-0.05, 0) is 6.92 Å². The minimum Gasteiger partial charge on any atom is -0.369 e. The fraction of sp³-hybridized carbons (Fsp3) is 0.250. The molecule has 0 atom stereocenters. The largest absolute Gasteiger partial charge is 0.369 e. The lowest BCUT2D eigenvalue weighted by Crippen LogP contribution is -1.99. The van der Waals surface area contributed by atoms with Crippen LogP contribution in [0.25, 0.3) is 0 Å². The van der Waals surface area contributed by atoms with Gasteiger partial charge >= 0.3 is 0 Å². The van der Waals surface area contributed by atoms with Gasteiger partial charge < -0.3 is 10.3 Å². The summed E-state index contributed by atoms with van der Waals surface area (Å²) in [6.45, 7) is 1.90. The molecule has 0 bridgehead atoms. The average Bonchev–Trinajstić information content (AvgIpc) is 2.57. The van der Waals surface area contributed by atoms with Crippen LogP contribution in [0.15, 0.2) is 24.3 Å². The molecule has 2 N–H and O–H groups in total. The Morgan fingerprint density at radius 2 is 2.11 bits per heavy atom. The van der Waals surface area contributed by atoms with Crippen LogP contribution in [0.3, 0.4) is 0 Å². The lowest BCUT2D eigenvalue weighted by Gasteiger charge is -2.02. The topological polar surface area (TPSA) is 87.0 Å². The predicted octanol–water partition coefficient (Wildman–Crippen LogP) is 1.81. The second-order valence-electron chi connectivity index (χ2n) is 4.12. The molecular weight excluding hydrogens is 232 g/mol. The summed E-state index contributed by atoms with van der Waals surface area (Å²) in [5, 5.41) is 10.9. The summed E-state index contributed by atoms with van der Waals surface area (Å²) in [7, 11) is 1.82. The number of anilines is 1. The zero-order chi connectivity index (χ0) is 13.3. The number of nitrogens with zero attached hydrogens (tertiary/aromatic N) is 3. The highest BCUT2D eigenvalue weighted by atomic mass is 16.6. The fourth-order valence-electron chi connectivity index (χ4n) is 1.85. The van der Waals surface area contributed by atoms with Gasteiger partial charge in [-0.15, -0.1) is 0 Å². The third-order valence-electron chi connectivity index (χ3n) is 3.06. The van der Waals surface area contributed by atoms with Gasteiger partial charge in [-0.25, -0.2) is 4.98 Å². The molecular formula is C12H14N4O2. The normalized spacial score (nSPS) is 10.6. The van der Waals surface area contributed by atoms with E-state index in [-0.39, 0.29) is 10.6 Å². The molecule has 1 aromatic carbocycles. The van der Waals surface area contributed by atoms with Crippen molar-refractivity contribution in [1.29, 1.82) is 0 Å². The molecule has 0 aliphatic heterocycles. The van der Waals surface area contributed by atoms with Crippen molar-refractivity contribution in [3.05, 3.63) is 51.3 Å². The molecule has 0 saturated heterocycles. The van der Waals surface area contributed by atoms with Crippen LogP contribution < -0.4 is 5.73 Å². The Hall–Kier alpha value is -2.37. The van der Waals surface area contributed by atoms with Gasteiger partial charge in [0.1, 0.15) is 0 Å². The maximum absolute atomic E-state index is 10.9. The van der Waals surface area contributed by atoms with Gasteiger partial charge in [0, 0.05) is 30.8 Å². The van der Waals surface area contributed by atoms with Crippen LogP contribution in [0.1, 0.15) is 17.0 Å². The molecule has 0 spiro atoms. The van der Waals surface area contributed by atoms with Gasteiger partial charge in [0.2, 0.25) is 0 Å². The van der Waals surface area contributed by atoms with Crippen LogP contribution in [0.5, 0.6) is 0 Å². The van der Waals surface area contributed by atoms with Crippen LogP contribution in [0.2, 0.25) is 0 Å². The minimum absolute atomic E-state index is 0.112. The van der Waals surface area contributed by atoms with Gasteiger partial charge in [-0.3, -0.25) is 10.1 Å². The van der Waals surface area contributed by atoms with E-state index in [1.165, 1.54) is 6.07 Å². The lowest BCUT2D eigenvalue weighted by molar-refractivity contribution is -0.385. The summed E-state index contributed by atoms with van der Waals surface area (Å²) < 4.78 is 1.77. The van der Waals surface area contributed by atoms with Gasteiger partial charge in [0.25, 0.3) is 5.69 Å². The number of rotatable bonds is 3. The smallest absolute Gasteiger partial charge is 0.272 e. The molecule has 18 heavy (non-hydrogen) atoms. The van der Waals surface area contributed by atoms with E-state index in [4.69, 9.17) is 5.73 Å². The Bertz CT molecular complexity index is 604. The minimum atomic E-state index is -0.378. The second-order valence-corrected chi connectivity index (χ2v) is 4.12. The Kier molecular flexibility index (Phi) is 3.01. The van der Waals surface area contributed by atoms with Crippen molar-refractivity contribution >= 4 is 11.6 Å². The molecule has 0 amide bonds. The lowest BCUT2D eigenvalue weighted by atomic mass is 10.1.